The fourth-order valence-electron chi connectivity index (χ4n) is 2.16. The molecule has 2 nitrogen and oxygen atoms in total. The van der Waals surface area contributed by atoms with Gasteiger partial charge in [-0.25, -0.2) is 0 Å². The zero-order valence-electron chi connectivity index (χ0n) is 9.77. The average molecular weight is 214 g/mol. The lowest BCUT2D eigenvalue weighted by atomic mass is 9.92. The molecule has 84 valence electrons. The van der Waals surface area contributed by atoms with E-state index in [-0.39, 0.29) is 6.04 Å². The van der Waals surface area contributed by atoms with Crippen LogP contribution in [0.4, 0.5) is 0 Å². The van der Waals surface area contributed by atoms with Crippen LogP contribution in [0.1, 0.15) is 25.5 Å². The molecule has 0 saturated carbocycles. The Morgan fingerprint density at radius 1 is 1.00 bits per heavy atom. The second kappa shape index (κ2) is 4.64. The van der Waals surface area contributed by atoms with Crippen molar-refractivity contribution < 1.29 is 0 Å². The van der Waals surface area contributed by atoms with Crippen LogP contribution in [0.3, 0.4) is 0 Å². The van der Waals surface area contributed by atoms with E-state index in [9.17, 15) is 0 Å². The molecule has 0 aromatic heterocycles. The maximum absolute atomic E-state index is 5.65. The zero-order valence-corrected chi connectivity index (χ0v) is 9.77. The standard InChI is InChI=1S/C14H18N2/c1-10(2)14(16-15)13-9-5-7-11-6-3-4-8-12(11)13/h3-10,14,16H,15H2,1-2H3. The van der Waals surface area contributed by atoms with E-state index in [4.69, 9.17) is 5.84 Å². The summed E-state index contributed by atoms with van der Waals surface area (Å²) in [5, 5.41) is 2.54. The van der Waals surface area contributed by atoms with Gasteiger partial charge in [-0.3, -0.25) is 11.3 Å². The molecule has 0 bridgehead atoms. The van der Waals surface area contributed by atoms with Crippen LogP contribution in [0.25, 0.3) is 10.8 Å². The molecule has 3 N–H and O–H groups in total. The van der Waals surface area contributed by atoms with Crippen LogP contribution in [0, 0.1) is 5.92 Å². The Morgan fingerprint density at radius 3 is 2.38 bits per heavy atom. The topological polar surface area (TPSA) is 38.0 Å². The molecular formula is C14H18N2. The monoisotopic (exact) mass is 214 g/mol. The van der Waals surface area contributed by atoms with Gasteiger partial charge in [0.1, 0.15) is 0 Å². The number of nitrogens with two attached hydrogens (primary N) is 1. The molecule has 2 rings (SSSR count). The molecular weight excluding hydrogens is 196 g/mol. The fraction of sp³-hybridized carbons (Fsp3) is 0.286. The SMILES string of the molecule is CC(C)C(NN)c1cccc2ccccc12. The minimum atomic E-state index is 0.200. The molecule has 0 saturated heterocycles. The van der Waals surface area contributed by atoms with Crippen molar-refractivity contribution >= 4 is 10.8 Å². The Kier molecular flexibility index (Phi) is 3.22. The van der Waals surface area contributed by atoms with Crippen molar-refractivity contribution in [3.05, 3.63) is 48.0 Å². The second-order valence-electron chi connectivity index (χ2n) is 4.46. The summed E-state index contributed by atoms with van der Waals surface area (Å²) in [6, 6.07) is 15.0. The minimum Gasteiger partial charge on any atom is -0.271 e. The normalized spacial score (nSPS) is 13.2. The van der Waals surface area contributed by atoms with E-state index in [0.717, 1.165) is 0 Å². The van der Waals surface area contributed by atoms with Crippen molar-refractivity contribution in [3.8, 4) is 0 Å². The molecule has 0 radical (unpaired) electrons. The highest BCUT2D eigenvalue weighted by Crippen LogP contribution is 2.28. The Balaban J connectivity index is 2.59. The third-order valence-electron chi connectivity index (χ3n) is 3.00. The van der Waals surface area contributed by atoms with Gasteiger partial charge in [-0.05, 0) is 22.3 Å². The Hall–Kier alpha value is -1.38. The van der Waals surface area contributed by atoms with Gasteiger partial charge in [-0.2, -0.15) is 0 Å². The number of fused-ring (bicyclic) bond motifs is 1. The molecule has 2 aromatic rings. The van der Waals surface area contributed by atoms with Crippen molar-refractivity contribution in [1.82, 2.24) is 5.43 Å². The van der Waals surface area contributed by atoms with Gasteiger partial charge in [0.2, 0.25) is 0 Å². The molecule has 2 aromatic carbocycles. The summed E-state index contributed by atoms with van der Waals surface area (Å²) in [6.07, 6.45) is 0. The quantitative estimate of drug-likeness (QED) is 0.609. The molecule has 0 aliphatic carbocycles. The lowest BCUT2D eigenvalue weighted by Gasteiger charge is -2.21. The van der Waals surface area contributed by atoms with Gasteiger partial charge in [0.05, 0.1) is 0 Å². The van der Waals surface area contributed by atoms with Crippen molar-refractivity contribution in [1.29, 1.82) is 0 Å². The fourth-order valence-corrected chi connectivity index (χ4v) is 2.16. The number of nitrogens with one attached hydrogen (secondary N) is 1. The predicted molar refractivity (Wildman–Crippen MR) is 68.9 cm³/mol. The van der Waals surface area contributed by atoms with Gasteiger partial charge in [-0.15, -0.1) is 0 Å². The smallest absolute Gasteiger partial charge is 0.0489 e. The zero-order chi connectivity index (χ0) is 11.5. The van der Waals surface area contributed by atoms with E-state index in [0.29, 0.717) is 5.92 Å². The summed E-state index contributed by atoms with van der Waals surface area (Å²) >= 11 is 0. The van der Waals surface area contributed by atoms with E-state index in [2.05, 4.69) is 61.7 Å². The van der Waals surface area contributed by atoms with Crippen LogP contribution in [0.5, 0.6) is 0 Å². The van der Waals surface area contributed by atoms with Gasteiger partial charge >= 0.3 is 0 Å². The first kappa shape index (κ1) is 11.1. The molecule has 1 atom stereocenters. The van der Waals surface area contributed by atoms with Crippen LogP contribution < -0.4 is 11.3 Å². The van der Waals surface area contributed by atoms with Crippen molar-refractivity contribution in [2.45, 2.75) is 19.9 Å². The van der Waals surface area contributed by atoms with E-state index in [1.54, 1.807) is 0 Å². The maximum Gasteiger partial charge on any atom is 0.0489 e. The third kappa shape index (κ3) is 1.94. The Labute approximate surface area is 96.4 Å². The van der Waals surface area contributed by atoms with Crippen molar-refractivity contribution in [3.63, 3.8) is 0 Å². The molecule has 16 heavy (non-hydrogen) atoms. The molecule has 0 spiro atoms. The summed E-state index contributed by atoms with van der Waals surface area (Å²) in [6.45, 7) is 4.35. The van der Waals surface area contributed by atoms with E-state index in [1.165, 1.54) is 16.3 Å². The van der Waals surface area contributed by atoms with Gasteiger partial charge in [0.25, 0.3) is 0 Å². The summed E-state index contributed by atoms with van der Waals surface area (Å²) in [4.78, 5) is 0. The number of hydrogen-bond acceptors (Lipinski definition) is 2. The predicted octanol–water partition coefficient (Wildman–Crippen LogP) is 3.00. The minimum absolute atomic E-state index is 0.200. The molecule has 0 heterocycles. The molecule has 0 amide bonds. The highest BCUT2D eigenvalue weighted by atomic mass is 15.2. The van der Waals surface area contributed by atoms with Crippen LogP contribution in [0.2, 0.25) is 0 Å². The van der Waals surface area contributed by atoms with Crippen molar-refractivity contribution in [2.24, 2.45) is 11.8 Å². The molecule has 0 aliphatic heterocycles. The van der Waals surface area contributed by atoms with E-state index >= 15 is 0 Å². The number of hydrogen-bond donors (Lipinski definition) is 2. The van der Waals surface area contributed by atoms with Crippen LogP contribution in [-0.2, 0) is 0 Å². The summed E-state index contributed by atoms with van der Waals surface area (Å²) < 4.78 is 0. The Bertz CT molecular complexity index is 472. The summed E-state index contributed by atoms with van der Waals surface area (Å²) in [5.74, 6) is 6.12. The Morgan fingerprint density at radius 2 is 1.69 bits per heavy atom. The van der Waals surface area contributed by atoms with Gasteiger partial charge in [-0.1, -0.05) is 56.3 Å². The average Bonchev–Trinajstić information content (AvgIpc) is 2.30. The number of hydrazine groups is 1. The summed E-state index contributed by atoms with van der Waals surface area (Å²) in [7, 11) is 0. The van der Waals surface area contributed by atoms with Gasteiger partial charge < -0.3 is 0 Å². The second-order valence-corrected chi connectivity index (χ2v) is 4.46. The highest BCUT2D eigenvalue weighted by Gasteiger charge is 2.15. The molecule has 0 fully saturated rings. The van der Waals surface area contributed by atoms with Gasteiger partial charge in [0, 0.05) is 6.04 Å². The van der Waals surface area contributed by atoms with Crippen molar-refractivity contribution in [2.75, 3.05) is 0 Å². The first-order valence-electron chi connectivity index (χ1n) is 5.68. The van der Waals surface area contributed by atoms with Crippen LogP contribution >= 0.6 is 0 Å². The largest absolute Gasteiger partial charge is 0.271 e. The highest BCUT2D eigenvalue weighted by molar-refractivity contribution is 5.86. The number of rotatable bonds is 3. The van der Waals surface area contributed by atoms with Gasteiger partial charge in [0.15, 0.2) is 0 Å². The van der Waals surface area contributed by atoms with E-state index in [1.807, 2.05) is 0 Å². The number of benzene rings is 2. The first-order chi connectivity index (χ1) is 7.74. The van der Waals surface area contributed by atoms with Crippen LogP contribution in [0.15, 0.2) is 42.5 Å². The summed E-state index contributed by atoms with van der Waals surface area (Å²) in [5.41, 5.74) is 4.18. The van der Waals surface area contributed by atoms with Crippen LogP contribution in [-0.4, -0.2) is 0 Å². The molecule has 2 heteroatoms. The maximum atomic E-state index is 5.65. The van der Waals surface area contributed by atoms with E-state index < -0.39 is 0 Å². The lowest BCUT2D eigenvalue weighted by Crippen LogP contribution is -2.31. The molecule has 0 aliphatic rings. The first-order valence-corrected chi connectivity index (χ1v) is 5.68. The third-order valence-corrected chi connectivity index (χ3v) is 3.00. The molecule has 1 unspecified atom stereocenters. The lowest BCUT2D eigenvalue weighted by molar-refractivity contribution is 0.423.